The summed E-state index contributed by atoms with van der Waals surface area (Å²) in [5.74, 6) is 0. The van der Waals surface area contributed by atoms with E-state index < -0.39 is 0 Å². The van der Waals surface area contributed by atoms with Crippen LogP contribution in [0.4, 0.5) is 0 Å². The summed E-state index contributed by atoms with van der Waals surface area (Å²) in [6.07, 6.45) is 3.56. The number of nitrogens with zero attached hydrogens (tertiary/aromatic N) is 2. The Morgan fingerprint density at radius 3 is 2.71 bits per heavy atom. The molecular weight excluding hydrogens is 236 g/mol. The van der Waals surface area contributed by atoms with Gasteiger partial charge in [-0.05, 0) is 23.8 Å². The second-order valence-electron chi connectivity index (χ2n) is 4.66. The van der Waals surface area contributed by atoms with E-state index in [2.05, 4.69) is 5.10 Å². The summed E-state index contributed by atoms with van der Waals surface area (Å²) >= 11 is 6.24. The Kier molecular flexibility index (Phi) is 3.22. The van der Waals surface area contributed by atoms with Crippen LogP contribution in [0.15, 0.2) is 36.7 Å². The molecule has 4 heteroatoms. The van der Waals surface area contributed by atoms with E-state index in [1.165, 1.54) is 0 Å². The monoisotopic (exact) mass is 250 g/mol. The van der Waals surface area contributed by atoms with Crippen LogP contribution in [0.1, 0.15) is 19.4 Å². The average Bonchev–Trinajstić information content (AvgIpc) is 2.82. The third-order valence-electron chi connectivity index (χ3n) is 2.88. The lowest BCUT2D eigenvalue weighted by atomic mass is 9.85. The molecule has 0 saturated carbocycles. The molecule has 1 N–H and O–H groups in total. The fraction of sp³-hybridized carbons (Fsp3) is 0.308. The van der Waals surface area contributed by atoms with Crippen LogP contribution in [0.3, 0.4) is 0 Å². The standard InChI is InChI=1S/C13H15ClN2O/c1-13(2,9-17)10-4-5-12(11(14)8-10)16-7-3-6-15-16/h3-8,17H,9H2,1-2H3. The first kappa shape index (κ1) is 12.1. The van der Waals surface area contributed by atoms with Gasteiger partial charge in [-0.15, -0.1) is 0 Å². The lowest BCUT2D eigenvalue weighted by Gasteiger charge is -2.23. The first-order valence-electron chi connectivity index (χ1n) is 5.45. The molecule has 0 aliphatic heterocycles. The van der Waals surface area contributed by atoms with Crippen molar-refractivity contribution in [3.05, 3.63) is 47.2 Å². The molecule has 0 saturated heterocycles. The predicted octanol–water partition coefficient (Wildman–Crippen LogP) is 2.80. The second kappa shape index (κ2) is 4.51. The van der Waals surface area contributed by atoms with Crippen molar-refractivity contribution >= 4 is 11.6 Å². The van der Waals surface area contributed by atoms with Crippen molar-refractivity contribution < 1.29 is 5.11 Å². The van der Waals surface area contributed by atoms with Crippen LogP contribution in [0.5, 0.6) is 0 Å². The van der Waals surface area contributed by atoms with Crippen molar-refractivity contribution in [2.75, 3.05) is 6.61 Å². The molecule has 1 aromatic heterocycles. The number of aliphatic hydroxyl groups excluding tert-OH is 1. The van der Waals surface area contributed by atoms with E-state index in [-0.39, 0.29) is 12.0 Å². The Balaban J connectivity index is 2.43. The number of aliphatic hydroxyl groups is 1. The van der Waals surface area contributed by atoms with Crippen molar-refractivity contribution in [2.24, 2.45) is 0 Å². The van der Waals surface area contributed by atoms with Crippen molar-refractivity contribution in [3.8, 4) is 5.69 Å². The first-order chi connectivity index (χ1) is 8.04. The van der Waals surface area contributed by atoms with Crippen LogP contribution in [-0.4, -0.2) is 21.5 Å². The molecule has 0 fully saturated rings. The van der Waals surface area contributed by atoms with E-state index in [1.807, 2.05) is 44.3 Å². The summed E-state index contributed by atoms with van der Waals surface area (Å²) in [6.45, 7) is 4.04. The molecule has 0 radical (unpaired) electrons. The van der Waals surface area contributed by atoms with E-state index >= 15 is 0 Å². The van der Waals surface area contributed by atoms with Gasteiger partial charge in [0.1, 0.15) is 0 Å². The molecule has 2 rings (SSSR count). The Morgan fingerprint density at radius 1 is 1.41 bits per heavy atom. The van der Waals surface area contributed by atoms with Gasteiger partial charge in [-0.1, -0.05) is 31.5 Å². The van der Waals surface area contributed by atoms with Crippen LogP contribution < -0.4 is 0 Å². The van der Waals surface area contributed by atoms with Crippen LogP contribution in [0, 0.1) is 0 Å². The van der Waals surface area contributed by atoms with Gasteiger partial charge in [0.05, 0.1) is 17.3 Å². The van der Waals surface area contributed by atoms with Gasteiger partial charge in [0.25, 0.3) is 0 Å². The van der Waals surface area contributed by atoms with E-state index in [1.54, 1.807) is 10.9 Å². The third-order valence-corrected chi connectivity index (χ3v) is 3.18. The fourth-order valence-electron chi connectivity index (χ4n) is 1.62. The van der Waals surface area contributed by atoms with Gasteiger partial charge in [-0.25, -0.2) is 4.68 Å². The Morgan fingerprint density at radius 2 is 2.18 bits per heavy atom. The number of aromatic nitrogens is 2. The molecule has 0 amide bonds. The van der Waals surface area contributed by atoms with Crippen molar-refractivity contribution in [1.29, 1.82) is 0 Å². The molecule has 0 aliphatic rings. The zero-order chi connectivity index (χ0) is 12.5. The van der Waals surface area contributed by atoms with Crippen LogP contribution in [0.25, 0.3) is 5.69 Å². The zero-order valence-corrected chi connectivity index (χ0v) is 10.6. The quantitative estimate of drug-likeness (QED) is 0.910. The summed E-state index contributed by atoms with van der Waals surface area (Å²) < 4.78 is 1.72. The number of benzene rings is 1. The molecule has 1 aromatic carbocycles. The highest BCUT2D eigenvalue weighted by atomic mass is 35.5. The van der Waals surface area contributed by atoms with Crippen LogP contribution in [0.2, 0.25) is 5.02 Å². The molecule has 0 unspecified atom stereocenters. The highest BCUT2D eigenvalue weighted by molar-refractivity contribution is 6.32. The fourth-order valence-corrected chi connectivity index (χ4v) is 1.88. The first-order valence-corrected chi connectivity index (χ1v) is 5.83. The minimum atomic E-state index is -0.285. The van der Waals surface area contributed by atoms with Gasteiger partial charge >= 0.3 is 0 Å². The second-order valence-corrected chi connectivity index (χ2v) is 5.07. The summed E-state index contributed by atoms with van der Waals surface area (Å²) in [4.78, 5) is 0. The molecule has 0 aliphatic carbocycles. The minimum Gasteiger partial charge on any atom is -0.395 e. The largest absolute Gasteiger partial charge is 0.395 e. The number of hydrogen-bond donors (Lipinski definition) is 1. The lowest BCUT2D eigenvalue weighted by Crippen LogP contribution is -2.22. The molecule has 2 aromatic rings. The number of rotatable bonds is 3. The molecule has 90 valence electrons. The third kappa shape index (κ3) is 2.35. The van der Waals surface area contributed by atoms with Gasteiger partial charge in [-0.2, -0.15) is 5.10 Å². The normalized spacial score (nSPS) is 11.8. The smallest absolute Gasteiger partial charge is 0.0831 e. The lowest BCUT2D eigenvalue weighted by molar-refractivity contribution is 0.218. The number of hydrogen-bond acceptors (Lipinski definition) is 2. The molecular formula is C13H15ClN2O. The Hall–Kier alpha value is -1.32. The Bertz CT molecular complexity index is 506. The van der Waals surface area contributed by atoms with Gasteiger partial charge in [-0.3, -0.25) is 0 Å². The van der Waals surface area contributed by atoms with Gasteiger partial charge in [0.15, 0.2) is 0 Å². The van der Waals surface area contributed by atoms with Crippen LogP contribution in [-0.2, 0) is 5.41 Å². The van der Waals surface area contributed by atoms with E-state index in [0.717, 1.165) is 11.3 Å². The molecule has 1 heterocycles. The molecule has 17 heavy (non-hydrogen) atoms. The van der Waals surface area contributed by atoms with Gasteiger partial charge in [0, 0.05) is 17.8 Å². The average molecular weight is 251 g/mol. The number of halogens is 1. The van der Waals surface area contributed by atoms with Crippen LogP contribution >= 0.6 is 11.6 Å². The van der Waals surface area contributed by atoms with E-state index in [9.17, 15) is 5.11 Å². The molecule has 0 atom stereocenters. The van der Waals surface area contributed by atoms with E-state index in [4.69, 9.17) is 11.6 Å². The molecule has 0 spiro atoms. The Labute approximate surface area is 106 Å². The molecule has 0 bridgehead atoms. The minimum absolute atomic E-state index is 0.0877. The summed E-state index contributed by atoms with van der Waals surface area (Å²) in [5.41, 5.74) is 1.57. The van der Waals surface area contributed by atoms with Gasteiger partial charge in [0.2, 0.25) is 0 Å². The summed E-state index contributed by atoms with van der Waals surface area (Å²) in [7, 11) is 0. The summed E-state index contributed by atoms with van der Waals surface area (Å²) in [5, 5.41) is 14.1. The molecule has 3 nitrogen and oxygen atoms in total. The van der Waals surface area contributed by atoms with E-state index in [0.29, 0.717) is 5.02 Å². The summed E-state index contributed by atoms with van der Waals surface area (Å²) in [6, 6.07) is 7.62. The SMILES string of the molecule is CC(C)(CO)c1ccc(-n2cccn2)c(Cl)c1. The zero-order valence-electron chi connectivity index (χ0n) is 9.89. The maximum Gasteiger partial charge on any atom is 0.0831 e. The highest BCUT2D eigenvalue weighted by Crippen LogP contribution is 2.28. The maximum absolute atomic E-state index is 9.33. The van der Waals surface area contributed by atoms with Crippen molar-refractivity contribution in [3.63, 3.8) is 0 Å². The topological polar surface area (TPSA) is 38.0 Å². The van der Waals surface area contributed by atoms with Gasteiger partial charge < -0.3 is 5.11 Å². The maximum atomic E-state index is 9.33. The highest BCUT2D eigenvalue weighted by Gasteiger charge is 2.20. The van der Waals surface area contributed by atoms with Crippen molar-refractivity contribution in [2.45, 2.75) is 19.3 Å². The predicted molar refractivity (Wildman–Crippen MR) is 68.7 cm³/mol. The van der Waals surface area contributed by atoms with Crippen molar-refractivity contribution in [1.82, 2.24) is 9.78 Å².